The maximum Gasteiger partial charge on any atom is 0.319 e. The highest BCUT2D eigenvalue weighted by atomic mass is 16.5. The molecule has 0 aliphatic heterocycles. The molecular weight excluding hydrogens is 300 g/mol. The Labute approximate surface area is 144 Å². The van der Waals surface area contributed by atoms with Crippen molar-refractivity contribution in [2.24, 2.45) is 0 Å². The number of amides is 2. The van der Waals surface area contributed by atoms with E-state index in [1.165, 1.54) is 5.56 Å². The van der Waals surface area contributed by atoms with Gasteiger partial charge in [-0.25, -0.2) is 4.79 Å². The third-order valence-electron chi connectivity index (χ3n) is 3.96. The van der Waals surface area contributed by atoms with E-state index in [0.29, 0.717) is 13.2 Å². The Balaban J connectivity index is 1.97. The first-order valence-electron chi connectivity index (χ1n) is 8.46. The van der Waals surface area contributed by atoms with Gasteiger partial charge in [0.05, 0.1) is 12.6 Å². The lowest BCUT2D eigenvalue weighted by Crippen LogP contribution is -2.31. The number of para-hydroxylation sites is 1. The fourth-order valence-electron chi connectivity index (χ4n) is 2.46. The summed E-state index contributed by atoms with van der Waals surface area (Å²) < 4.78 is 5.44. The van der Waals surface area contributed by atoms with Crippen molar-refractivity contribution < 1.29 is 9.53 Å². The van der Waals surface area contributed by atoms with Gasteiger partial charge in [0.15, 0.2) is 0 Å². The second kappa shape index (κ2) is 9.08. The Morgan fingerprint density at radius 1 is 1.08 bits per heavy atom. The van der Waals surface area contributed by atoms with Crippen LogP contribution in [0, 0.1) is 0 Å². The summed E-state index contributed by atoms with van der Waals surface area (Å²) in [6.45, 7) is 7.19. The molecule has 2 rings (SSSR count). The molecule has 0 heterocycles. The predicted octanol–water partition coefficient (Wildman–Crippen LogP) is 4.67. The highest BCUT2D eigenvalue weighted by Gasteiger charge is 2.11. The molecule has 4 heteroatoms. The van der Waals surface area contributed by atoms with Crippen molar-refractivity contribution >= 4 is 11.7 Å². The molecule has 2 aromatic carbocycles. The molecule has 0 radical (unpaired) electrons. The molecule has 0 aromatic heterocycles. The number of carbonyl (C=O) groups is 1. The van der Waals surface area contributed by atoms with Crippen LogP contribution in [-0.4, -0.2) is 12.6 Å². The van der Waals surface area contributed by atoms with Crippen molar-refractivity contribution in [2.45, 2.75) is 39.8 Å². The molecule has 2 amide bonds. The van der Waals surface area contributed by atoms with Gasteiger partial charge in [0.1, 0.15) is 0 Å². The van der Waals surface area contributed by atoms with Gasteiger partial charge in [-0.05, 0) is 37.5 Å². The number of urea groups is 1. The highest BCUT2D eigenvalue weighted by molar-refractivity contribution is 5.90. The van der Waals surface area contributed by atoms with Crippen LogP contribution in [0.4, 0.5) is 10.5 Å². The van der Waals surface area contributed by atoms with Gasteiger partial charge < -0.3 is 15.4 Å². The molecule has 0 aliphatic carbocycles. The van der Waals surface area contributed by atoms with E-state index in [0.717, 1.165) is 23.2 Å². The van der Waals surface area contributed by atoms with Gasteiger partial charge in [0.25, 0.3) is 0 Å². The monoisotopic (exact) mass is 326 g/mol. The van der Waals surface area contributed by atoms with E-state index in [1.807, 2.05) is 38.1 Å². The molecule has 2 N–H and O–H groups in total. The Hall–Kier alpha value is -2.33. The second-order valence-corrected chi connectivity index (χ2v) is 5.71. The number of hydrogen-bond acceptors (Lipinski definition) is 2. The van der Waals surface area contributed by atoms with E-state index in [9.17, 15) is 4.79 Å². The molecule has 0 saturated heterocycles. The fourth-order valence-corrected chi connectivity index (χ4v) is 2.46. The van der Waals surface area contributed by atoms with Gasteiger partial charge in [-0.3, -0.25) is 0 Å². The molecule has 0 aliphatic rings. The van der Waals surface area contributed by atoms with Crippen LogP contribution >= 0.6 is 0 Å². The Morgan fingerprint density at radius 3 is 2.46 bits per heavy atom. The third kappa shape index (κ3) is 5.10. The molecule has 0 bridgehead atoms. The normalized spacial score (nSPS) is 11.8. The molecule has 128 valence electrons. The standard InChI is InChI=1S/C20H26N2O2/c1-4-16-10-12-17(13-11-16)15(3)21-20(23)22-19-9-7-6-8-18(19)14-24-5-2/h6-13,15H,4-5,14H2,1-3H3,(H2,21,22,23). The summed E-state index contributed by atoms with van der Waals surface area (Å²) in [6.07, 6.45) is 1.01. The Morgan fingerprint density at radius 2 is 1.79 bits per heavy atom. The van der Waals surface area contributed by atoms with Crippen molar-refractivity contribution in [3.63, 3.8) is 0 Å². The lowest BCUT2D eigenvalue weighted by Gasteiger charge is -2.17. The summed E-state index contributed by atoms with van der Waals surface area (Å²) in [4.78, 5) is 12.3. The topological polar surface area (TPSA) is 50.4 Å². The molecule has 0 saturated carbocycles. The van der Waals surface area contributed by atoms with Crippen molar-refractivity contribution in [3.05, 3.63) is 65.2 Å². The van der Waals surface area contributed by atoms with Crippen molar-refractivity contribution in [1.82, 2.24) is 5.32 Å². The van der Waals surface area contributed by atoms with Crippen LogP contribution in [0.5, 0.6) is 0 Å². The number of carbonyl (C=O) groups excluding carboxylic acids is 1. The quantitative estimate of drug-likeness (QED) is 0.777. The highest BCUT2D eigenvalue weighted by Crippen LogP contribution is 2.17. The first kappa shape index (κ1) is 18.0. The largest absolute Gasteiger partial charge is 0.377 e. The van der Waals surface area contributed by atoms with Gasteiger partial charge in [-0.2, -0.15) is 0 Å². The number of hydrogen-bond donors (Lipinski definition) is 2. The van der Waals surface area contributed by atoms with Gasteiger partial charge in [0, 0.05) is 17.9 Å². The summed E-state index contributed by atoms with van der Waals surface area (Å²) in [5.41, 5.74) is 4.12. The minimum atomic E-state index is -0.217. The fraction of sp³-hybridized carbons (Fsp3) is 0.350. The zero-order valence-corrected chi connectivity index (χ0v) is 14.6. The number of benzene rings is 2. The van der Waals surface area contributed by atoms with Crippen LogP contribution in [0.25, 0.3) is 0 Å². The van der Waals surface area contributed by atoms with Crippen LogP contribution in [0.15, 0.2) is 48.5 Å². The smallest absolute Gasteiger partial charge is 0.319 e. The van der Waals surface area contributed by atoms with Gasteiger partial charge >= 0.3 is 6.03 Å². The summed E-state index contributed by atoms with van der Waals surface area (Å²) in [5, 5.41) is 5.89. The predicted molar refractivity (Wildman–Crippen MR) is 98.2 cm³/mol. The van der Waals surface area contributed by atoms with Gasteiger partial charge in [-0.1, -0.05) is 49.4 Å². The van der Waals surface area contributed by atoms with E-state index in [-0.39, 0.29) is 12.1 Å². The Bertz CT molecular complexity index is 653. The summed E-state index contributed by atoms with van der Waals surface area (Å²) in [7, 11) is 0. The van der Waals surface area contributed by atoms with Crippen molar-refractivity contribution in [1.29, 1.82) is 0 Å². The number of aryl methyl sites for hydroxylation is 1. The third-order valence-corrected chi connectivity index (χ3v) is 3.96. The first-order chi connectivity index (χ1) is 11.6. The van der Waals surface area contributed by atoms with E-state index in [2.05, 4.69) is 41.8 Å². The minimum absolute atomic E-state index is 0.0602. The minimum Gasteiger partial charge on any atom is -0.377 e. The van der Waals surface area contributed by atoms with Gasteiger partial charge in [-0.15, -0.1) is 0 Å². The maximum absolute atomic E-state index is 12.3. The number of anilines is 1. The van der Waals surface area contributed by atoms with E-state index in [4.69, 9.17) is 4.74 Å². The SMILES string of the molecule is CCOCc1ccccc1NC(=O)NC(C)c1ccc(CC)cc1. The lowest BCUT2D eigenvalue weighted by molar-refractivity contribution is 0.134. The zero-order valence-electron chi connectivity index (χ0n) is 14.6. The molecule has 4 nitrogen and oxygen atoms in total. The van der Waals surface area contributed by atoms with Crippen LogP contribution < -0.4 is 10.6 Å². The van der Waals surface area contributed by atoms with E-state index in [1.54, 1.807) is 0 Å². The van der Waals surface area contributed by atoms with Crippen LogP contribution in [0.1, 0.15) is 43.5 Å². The van der Waals surface area contributed by atoms with Crippen molar-refractivity contribution in [3.8, 4) is 0 Å². The average Bonchev–Trinajstić information content (AvgIpc) is 2.61. The molecule has 0 spiro atoms. The van der Waals surface area contributed by atoms with Gasteiger partial charge in [0.2, 0.25) is 0 Å². The summed E-state index contributed by atoms with van der Waals surface area (Å²) in [5.74, 6) is 0. The van der Waals surface area contributed by atoms with Crippen LogP contribution in [0.3, 0.4) is 0 Å². The van der Waals surface area contributed by atoms with E-state index >= 15 is 0 Å². The molecule has 24 heavy (non-hydrogen) atoms. The number of rotatable bonds is 7. The van der Waals surface area contributed by atoms with E-state index < -0.39 is 0 Å². The molecule has 1 unspecified atom stereocenters. The molecule has 1 atom stereocenters. The van der Waals surface area contributed by atoms with Crippen LogP contribution in [-0.2, 0) is 17.8 Å². The summed E-state index contributed by atoms with van der Waals surface area (Å²) >= 11 is 0. The lowest BCUT2D eigenvalue weighted by atomic mass is 10.1. The van der Waals surface area contributed by atoms with Crippen molar-refractivity contribution in [2.75, 3.05) is 11.9 Å². The molecular formula is C20H26N2O2. The maximum atomic E-state index is 12.3. The van der Waals surface area contributed by atoms with Crippen LogP contribution in [0.2, 0.25) is 0 Å². The molecule has 2 aromatic rings. The number of nitrogens with one attached hydrogen (secondary N) is 2. The first-order valence-corrected chi connectivity index (χ1v) is 8.46. The second-order valence-electron chi connectivity index (χ2n) is 5.71. The number of ether oxygens (including phenoxy) is 1. The summed E-state index contributed by atoms with van der Waals surface area (Å²) in [6, 6.07) is 15.7. The molecule has 0 fully saturated rings. The Kier molecular flexibility index (Phi) is 6.82. The zero-order chi connectivity index (χ0) is 17.4. The average molecular weight is 326 g/mol.